The van der Waals surface area contributed by atoms with Crippen molar-refractivity contribution in [2.45, 2.75) is 46.0 Å². The lowest BCUT2D eigenvalue weighted by atomic mass is 10.0. The van der Waals surface area contributed by atoms with Crippen LogP contribution in [0.1, 0.15) is 36.0 Å². The minimum atomic E-state index is -0.734. The molecule has 1 atom stereocenters. The van der Waals surface area contributed by atoms with E-state index < -0.39 is 5.60 Å². The van der Waals surface area contributed by atoms with Crippen LogP contribution in [0.3, 0.4) is 0 Å². The molecule has 1 aliphatic carbocycles. The first-order valence-electron chi connectivity index (χ1n) is 10.1. The molecule has 5 heteroatoms. The van der Waals surface area contributed by atoms with Gasteiger partial charge in [0.15, 0.2) is 20.3 Å². The van der Waals surface area contributed by atoms with Crippen LogP contribution >= 0.6 is 45.2 Å². The Morgan fingerprint density at radius 1 is 0.871 bits per heavy atom. The fourth-order valence-corrected chi connectivity index (χ4v) is 6.91. The van der Waals surface area contributed by atoms with Crippen molar-refractivity contribution in [1.29, 1.82) is 0 Å². The van der Waals surface area contributed by atoms with Crippen LogP contribution < -0.4 is 0 Å². The first kappa shape index (κ1) is 22.7. The van der Waals surface area contributed by atoms with Crippen LogP contribution in [0.25, 0.3) is 0 Å². The van der Waals surface area contributed by atoms with E-state index >= 15 is 0 Å². The van der Waals surface area contributed by atoms with Gasteiger partial charge in [-0.1, -0.05) is 24.1 Å². The average Bonchev–Trinajstić information content (AvgIpc) is 3.26. The molecule has 4 rings (SSSR count). The third kappa shape index (κ3) is 5.12. The first-order valence-corrected chi connectivity index (χ1v) is 13.5. The first-order chi connectivity index (χ1) is 15.0. The molecule has 2 nitrogen and oxygen atoms in total. The van der Waals surface area contributed by atoms with Gasteiger partial charge in [0.1, 0.15) is 0 Å². The molecule has 1 fully saturated rings. The summed E-state index contributed by atoms with van der Waals surface area (Å²) in [4.78, 5) is 16.4. The number of rotatable bonds is 5. The van der Waals surface area contributed by atoms with Crippen LogP contribution in [0.4, 0.5) is 0 Å². The van der Waals surface area contributed by atoms with Crippen LogP contribution in [0.2, 0.25) is 0 Å². The molecule has 0 radical (unpaired) electrons. The third-order valence-electron chi connectivity index (χ3n) is 5.39. The zero-order valence-corrected chi connectivity index (χ0v) is 21.9. The van der Waals surface area contributed by atoms with Gasteiger partial charge in [0, 0.05) is 13.2 Å². The molecule has 0 aliphatic heterocycles. The number of ether oxygens (including phenoxy) is 1. The Morgan fingerprint density at radius 2 is 1.48 bits per heavy atom. The molecule has 3 aromatic carbocycles. The summed E-state index contributed by atoms with van der Waals surface area (Å²) < 4.78 is 8.24. The number of benzene rings is 3. The lowest BCUT2D eigenvalue weighted by molar-refractivity contribution is 0.0104. The number of terminal acetylenes is 1. The Balaban J connectivity index is 1.64. The van der Waals surface area contributed by atoms with E-state index in [4.69, 9.17) is 11.2 Å². The van der Waals surface area contributed by atoms with Crippen LogP contribution in [0.15, 0.2) is 87.5 Å². The van der Waals surface area contributed by atoms with E-state index in [1.165, 1.54) is 16.9 Å². The molecule has 0 heterocycles. The van der Waals surface area contributed by atoms with Crippen LogP contribution in [-0.4, -0.2) is 11.6 Å². The highest BCUT2D eigenvalue weighted by Crippen LogP contribution is 2.35. The maximum atomic E-state index is 12.8. The lowest BCUT2D eigenvalue weighted by Gasteiger charge is -2.22. The Hall–Kier alpha value is -1.50. The van der Waals surface area contributed by atoms with Gasteiger partial charge in [-0.05, 0) is 119 Å². The fraction of sp³-hybridized carbons (Fsp3) is 0.192. The normalized spacial score (nSPS) is 15.8. The average molecular weight is 651 g/mol. The van der Waals surface area contributed by atoms with Crippen molar-refractivity contribution >= 4 is 62.0 Å². The minimum absolute atomic E-state index is 0.261. The van der Waals surface area contributed by atoms with Gasteiger partial charge in [-0.15, -0.1) is 6.42 Å². The summed E-state index contributed by atoms with van der Waals surface area (Å²) in [6.45, 7) is 0. The molecule has 31 heavy (non-hydrogen) atoms. The zero-order valence-electron chi connectivity index (χ0n) is 16.8. The smallest absolute Gasteiger partial charge is 0.339 e. The van der Waals surface area contributed by atoms with Crippen molar-refractivity contribution in [1.82, 2.24) is 0 Å². The van der Waals surface area contributed by atoms with Gasteiger partial charge >= 0.3 is 5.97 Å². The topological polar surface area (TPSA) is 26.3 Å². The van der Waals surface area contributed by atoms with Crippen LogP contribution in [-0.2, 0) is 15.6 Å². The molecule has 0 saturated heterocycles. The van der Waals surface area contributed by atoms with Crippen molar-refractivity contribution in [3.63, 3.8) is 0 Å². The second-order valence-corrected chi connectivity index (χ2v) is 11.8. The van der Waals surface area contributed by atoms with E-state index in [0.29, 0.717) is 5.56 Å². The summed E-state index contributed by atoms with van der Waals surface area (Å²) in [6, 6.07) is 24.9. The molecule has 0 bridgehead atoms. The maximum Gasteiger partial charge on any atom is 0.339 e. The standard InChI is InChI=1S/C26H21I2O2S/c1-2-26(16-6-7-17-26)30-25(29)19-10-12-21(13-11-19)31(20-8-4-3-5-9-20)22-14-15-23(27)24(28)18-22/h1,3-5,8-15,18H,6-7,16-17H2/q+1. The van der Waals surface area contributed by atoms with Gasteiger partial charge in [0.2, 0.25) is 0 Å². The number of esters is 1. The Bertz CT molecular complexity index is 1110. The predicted molar refractivity (Wildman–Crippen MR) is 142 cm³/mol. The van der Waals surface area contributed by atoms with Gasteiger partial charge in [0.25, 0.3) is 0 Å². The predicted octanol–water partition coefficient (Wildman–Crippen LogP) is 7.09. The van der Waals surface area contributed by atoms with E-state index in [1.54, 1.807) is 0 Å². The van der Waals surface area contributed by atoms with Gasteiger partial charge in [-0.3, -0.25) is 0 Å². The fourth-order valence-electron chi connectivity index (χ4n) is 3.75. The Kier molecular flexibility index (Phi) is 7.29. The quantitative estimate of drug-likeness (QED) is 0.128. The molecule has 0 N–H and O–H groups in total. The Labute approximate surface area is 213 Å². The van der Waals surface area contributed by atoms with Crippen molar-refractivity contribution < 1.29 is 9.53 Å². The third-order valence-corrected chi connectivity index (χ3v) is 10.5. The van der Waals surface area contributed by atoms with Gasteiger partial charge in [-0.25, -0.2) is 4.79 Å². The number of hydrogen-bond donors (Lipinski definition) is 0. The van der Waals surface area contributed by atoms with Gasteiger partial charge < -0.3 is 4.74 Å². The molecular formula is C26H21I2O2S+. The largest absolute Gasteiger partial charge is 0.442 e. The number of hydrogen-bond acceptors (Lipinski definition) is 2. The zero-order chi connectivity index (χ0) is 21.8. The van der Waals surface area contributed by atoms with E-state index in [2.05, 4.69) is 93.6 Å². The minimum Gasteiger partial charge on any atom is -0.442 e. The van der Waals surface area contributed by atoms with Gasteiger partial charge in [0.05, 0.1) is 16.5 Å². The van der Waals surface area contributed by atoms with Crippen LogP contribution in [0, 0.1) is 19.5 Å². The molecule has 0 aromatic heterocycles. The van der Waals surface area contributed by atoms with Crippen molar-refractivity contribution in [2.24, 2.45) is 0 Å². The lowest BCUT2D eigenvalue weighted by Crippen LogP contribution is -2.30. The van der Waals surface area contributed by atoms with Crippen molar-refractivity contribution in [3.8, 4) is 12.3 Å². The van der Waals surface area contributed by atoms with E-state index in [9.17, 15) is 4.79 Å². The van der Waals surface area contributed by atoms with Gasteiger partial charge in [-0.2, -0.15) is 0 Å². The van der Waals surface area contributed by atoms with Crippen molar-refractivity contribution in [2.75, 3.05) is 0 Å². The number of halogens is 2. The van der Waals surface area contributed by atoms with Crippen LogP contribution in [0.5, 0.6) is 0 Å². The molecule has 0 spiro atoms. The summed E-state index contributed by atoms with van der Waals surface area (Å²) >= 11 is 4.74. The highest BCUT2D eigenvalue weighted by molar-refractivity contribution is 14.1. The van der Waals surface area contributed by atoms with E-state index in [-0.39, 0.29) is 16.9 Å². The SMILES string of the molecule is C#CC1(OC(=O)c2ccc([S+](c3ccccc3)c3ccc(I)c(I)c3)cc2)CCCC1. The molecule has 156 valence electrons. The second kappa shape index (κ2) is 9.97. The molecular weight excluding hydrogens is 630 g/mol. The molecule has 1 aliphatic rings. The van der Waals surface area contributed by atoms with E-state index in [1.807, 2.05) is 30.3 Å². The number of carbonyl (C=O) groups excluding carboxylic acids is 1. The van der Waals surface area contributed by atoms with Crippen molar-refractivity contribution in [3.05, 3.63) is 85.5 Å². The highest BCUT2D eigenvalue weighted by Gasteiger charge is 2.36. The summed E-state index contributed by atoms with van der Waals surface area (Å²) in [7, 11) is -0.261. The monoisotopic (exact) mass is 651 g/mol. The molecule has 0 amide bonds. The molecule has 1 unspecified atom stereocenters. The Morgan fingerprint density at radius 3 is 2.10 bits per heavy atom. The van der Waals surface area contributed by atoms with E-state index in [0.717, 1.165) is 30.6 Å². The summed E-state index contributed by atoms with van der Waals surface area (Å²) in [5, 5.41) is 0. The summed E-state index contributed by atoms with van der Waals surface area (Å²) in [6.07, 6.45) is 9.19. The summed E-state index contributed by atoms with van der Waals surface area (Å²) in [5.74, 6) is 2.38. The maximum absolute atomic E-state index is 12.8. The number of carbonyl (C=O) groups is 1. The summed E-state index contributed by atoms with van der Waals surface area (Å²) in [5.41, 5.74) is -0.193. The second-order valence-electron chi connectivity index (χ2n) is 7.45. The highest BCUT2D eigenvalue weighted by atomic mass is 127. The molecule has 1 saturated carbocycles. The molecule has 3 aromatic rings.